The third kappa shape index (κ3) is 5.73. The molecule has 166 valence electrons. The quantitative estimate of drug-likeness (QED) is 0.634. The van der Waals surface area contributed by atoms with E-state index in [9.17, 15) is 9.59 Å². The number of anilines is 1. The summed E-state index contributed by atoms with van der Waals surface area (Å²) in [5, 5.41) is 2.87. The third-order valence-electron chi connectivity index (χ3n) is 6.16. The first-order valence-corrected chi connectivity index (χ1v) is 11.2. The number of nitrogens with zero attached hydrogens (tertiary/aromatic N) is 1. The number of benzene rings is 2. The molecule has 1 aliphatic rings. The summed E-state index contributed by atoms with van der Waals surface area (Å²) in [4.78, 5) is 26.6. The second-order valence-corrected chi connectivity index (χ2v) is 8.51. The van der Waals surface area contributed by atoms with E-state index in [-0.39, 0.29) is 11.8 Å². The first-order chi connectivity index (χ1) is 14.9. The van der Waals surface area contributed by atoms with Crippen molar-refractivity contribution >= 4 is 17.5 Å². The largest absolute Gasteiger partial charge is 0.383 e. The lowest BCUT2D eigenvalue weighted by Gasteiger charge is -2.28. The molecule has 1 aliphatic carbocycles. The maximum atomic E-state index is 12.3. The van der Waals surface area contributed by atoms with Gasteiger partial charge in [-0.05, 0) is 73.6 Å². The second kappa shape index (κ2) is 10.6. The SMILES string of the molecule is COCCNC(=O)c1ccc(Cc2ccc(N(C(C)=O)C3CCCC3)cc2C)cc1C. The van der Waals surface area contributed by atoms with E-state index in [1.165, 1.54) is 29.5 Å². The summed E-state index contributed by atoms with van der Waals surface area (Å²) in [5.74, 6) is 0.0481. The minimum atomic E-state index is -0.0714. The molecule has 2 aromatic rings. The fourth-order valence-electron chi connectivity index (χ4n) is 4.51. The summed E-state index contributed by atoms with van der Waals surface area (Å²) in [5.41, 5.74) is 6.24. The molecule has 3 rings (SSSR count). The van der Waals surface area contributed by atoms with Crippen LogP contribution >= 0.6 is 0 Å². The maximum Gasteiger partial charge on any atom is 0.251 e. The molecule has 1 saturated carbocycles. The number of hydrogen-bond acceptors (Lipinski definition) is 3. The number of carbonyl (C=O) groups excluding carboxylic acids is 2. The molecule has 31 heavy (non-hydrogen) atoms. The molecule has 0 aliphatic heterocycles. The van der Waals surface area contributed by atoms with E-state index >= 15 is 0 Å². The molecule has 0 atom stereocenters. The fraction of sp³-hybridized carbons (Fsp3) is 0.462. The summed E-state index contributed by atoms with van der Waals surface area (Å²) < 4.78 is 4.98. The van der Waals surface area contributed by atoms with E-state index in [0.29, 0.717) is 24.8 Å². The Balaban J connectivity index is 1.73. The Kier molecular flexibility index (Phi) is 7.85. The number of nitrogens with one attached hydrogen (secondary N) is 1. The smallest absolute Gasteiger partial charge is 0.251 e. The number of amides is 2. The first kappa shape index (κ1) is 23.0. The van der Waals surface area contributed by atoms with Crippen LogP contribution in [0.15, 0.2) is 36.4 Å². The van der Waals surface area contributed by atoms with Gasteiger partial charge in [-0.15, -0.1) is 0 Å². The van der Waals surface area contributed by atoms with Crippen molar-refractivity contribution in [2.75, 3.05) is 25.2 Å². The lowest BCUT2D eigenvalue weighted by atomic mass is 9.96. The van der Waals surface area contributed by atoms with Crippen molar-refractivity contribution in [1.29, 1.82) is 0 Å². The predicted octanol–water partition coefficient (Wildman–Crippen LogP) is 4.57. The van der Waals surface area contributed by atoms with Crippen LogP contribution in [0.4, 0.5) is 5.69 Å². The summed E-state index contributed by atoms with van der Waals surface area (Å²) in [6.07, 6.45) is 5.37. The van der Waals surface area contributed by atoms with Crippen LogP contribution in [0.3, 0.4) is 0 Å². The highest BCUT2D eigenvalue weighted by Crippen LogP contribution is 2.30. The molecule has 0 bridgehead atoms. The van der Waals surface area contributed by atoms with Crippen LogP contribution in [0.2, 0.25) is 0 Å². The number of ether oxygens (including phenoxy) is 1. The Labute approximate surface area is 185 Å². The molecule has 0 radical (unpaired) electrons. The lowest BCUT2D eigenvalue weighted by Crippen LogP contribution is -2.37. The number of hydrogen-bond donors (Lipinski definition) is 1. The first-order valence-electron chi connectivity index (χ1n) is 11.2. The van der Waals surface area contributed by atoms with E-state index in [2.05, 4.69) is 36.5 Å². The Morgan fingerprint density at radius 3 is 2.42 bits per heavy atom. The van der Waals surface area contributed by atoms with Gasteiger partial charge in [-0.3, -0.25) is 9.59 Å². The molecule has 0 saturated heterocycles. The molecule has 5 nitrogen and oxygen atoms in total. The Hall–Kier alpha value is -2.66. The van der Waals surface area contributed by atoms with Crippen LogP contribution in [0, 0.1) is 13.8 Å². The van der Waals surface area contributed by atoms with E-state index in [1.54, 1.807) is 14.0 Å². The van der Waals surface area contributed by atoms with Gasteiger partial charge < -0.3 is 15.0 Å². The van der Waals surface area contributed by atoms with Crippen molar-refractivity contribution in [1.82, 2.24) is 5.32 Å². The van der Waals surface area contributed by atoms with Crippen molar-refractivity contribution < 1.29 is 14.3 Å². The minimum Gasteiger partial charge on any atom is -0.383 e. The summed E-state index contributed by atoms with van der Waals surface area (Å²) in [6, 6.07) is 12.7. The topological polar surface area (TPSA) is 58.6 Å². The van der Waals surface area contributed by atoms with Gasteiger partial charge in [-0.2, -0.15) is 0 Å². The number of rotatable bonds is 8. The summed E-state index contributed by atoms with van der Waals surface area (Å²) in [7, 11) is 1.62. The normalized spacial score (nSPS) is 13.9. The number of aryl methyl sites for hydroxylation is 2. The Morgan fingerprint density at radius 2 is 1.81 bits per heavy atom. The third-order valence-corrected chi connectivity index (χ3v) is 6.16. The average Bonchev–Trinajstić information content (AvgIpc) is 3.24. The monoisotopic (exact) mass is 422 g/mol. The average molecular weight is 423 g/mol. The van der Waals surface area contributed by atoms with Gasteiger partial charge in [-0.25, -0.2) is 0 Å². The standard InChI is InChI=1S/C26H34N2O3/c1-18-16-24(28(20(3)29)23-7-5-6-8-23)11-10-22(18)17-21-9-12-25(19(2)15-21)26(30)27-13-14-31-4/h9-12,15-16,23H,5-8,13-14,17H2,1-4H3,(H,27,30). The van der Waals surface area contributed by atoms with E-state index in [4.69, 9.17) is 4.74 Å². The van der Waals surface area contributed by atoms with Gasteiger partial charge in [0.15, 0.2) is 0 Å². The minimum absolute atomic E-state index is 0.0714. The molecule has 1 N–H and O–H groups in total. The van der Waals surface area contributed by atoms with Gasteiger partial charge in [0, 0.05) is 37.9 Å². The van der Waals surface area contributed by atoms with Crippen LogP contribution in [-0.2, 0) is 16.0 Å². The number of methoxy groups -OCH3 is 1. The second-order valence-electron chi connectivity index (χ2n) is 8.51. The molecule has 5 heteroatoms. The lowest BCUT2D eigenvalue weighted by molar-refractivity contribution is -0.117. The van der Waals surface area contributed by atoms with Gasteiger partial charge in [0.05, 0.1) is 6.61 Å². The van der Waals surface area contributed by atoms with Crippen LogP contribution in [-0.4, -0.2) is 38.1 Å². The molecule has 0 spiro atoms. The molecule has 1 fully saturated rings. The van der Waals surface area contributed by atoms with Crippen molar-refractivity contribution in [2.45, 2.75) is 58.9 Å². The zero-order chi connectivity index (χ0) is 22.4. The summed E-state index contributed by atoms with van der Waals surface area (Å²) >= 11 is 0. The fourth-order valence-corrected chi connectivity index (χ4v) is 4.51. The Morgan fingerprint density at radius 1 is 1.06 bits per heavy atom. The zero-order valence-corrected chi connectivity index (χ0v) is 19.2. The van der Waals surface area contributed by atoms with Gasteiger partial charge in [0.1, 0.15) is 0 Å². The molecular weight excluding hydrogens is 388 g/mol. The molecular formula is C26H34N2O3. The molecule has 2 amide bonds. The maximum absolute atomic E-state index is 12.3. The van der Waals surface area contributed by atoms with Crippen molar-refractivity contribution in [3.8, 4) is 0 Å². The highest BCUT2D eigenvalue weighted by atomic mass is 16.5. The van der Waals surface area contributed by atoms with E-state index in [1.807, 2.05) is 24.0 Å². The van der Waals surface area contributed by atoms with Crippen LogP contribution in [0.25, 0.3) is 0 Å². The van der Waals surface area contributed by atoms with Crippen molar-refractivity contribution in [3.63, 3.8) is 0 Å². The van der Waals surface area contributed by atoms with Gasteiger partial charge in [0.25, 0.3) is 5.91 Å². The van der Waals surface area contributed by atoms with Crippen LogP contribution in [0.5, 0.6) is 0 Å². The predicted molar refractivity (Wildman–Crippen MR) is 125 cm³/mol. The van der Waals surface area contributed by atoms with Crippen LogP contribution < -0.4 is 10.2 Å². The molecule has 0 heterocycles. The molecule has 2 aromatic carbocycles. The van der Waals surface area contributed by atoms with E-state index < -0.39 is 0 Å². The van der Waals surface area contributed by atoms with Crippen molar-refractivity contribution in [3.05, 3.63) is 64.2 Å². The van der Waals surface area contributed by atoms with Gasteiger partial charge in [-0.1, -0.05) is 31.0 Å². The summed E-state index contributed by atoms with van der Waals surface area (Å²) in [6.45, 7) is 6.74. The van der Waals surface area contributed by atoms with Gasteiger partial charge in [0.2, 0.25) is 5.91 Å². The highest BCUT2D eigenvalue weighted by molar-refractivity contribution is 5.95. The van der Waals surface area contributed by atoms with Crippen molar-refractivity contribution in [2.24, 2.45) is 0 Å². The zero-order valence-electron chi connectivity index (χ0n) is 19.2. The van der Waals surface area contributed by atoms with Crippen LogP contribution in [0.1, 0.15) is 65.2 Å². The Bertz CT molecular complexity index is 932. The van der Waals surface area contributed by atoms with Gasteiger partial charge >= 0.3 is 0 Å². The molecule has 0 aromatic heterocycles. The highest BCUT2D eigenvalue weighted by Gasteiger charge is 2.26. The molecule has 0 unspecified atom stereocenters. The number of carbonyl (C=O) groups is 2. The van der Waals surface area contributed by atoms with E-state index in [0.717, 1.165) is 30.5 Å².